The van der Waals surface area contributed by atoms with E-state index in [0.29, 0.717) is 13.0 Å². The first-order valence-corrected chi connectivity index (χ1v) is 8.70. The van der Waals surface area contributed by atoms with Crippen LogP contribution in [0.1, 0.15) is 25.2 Å². The van der Waals surface area contributed by atoms with Gasteiger partial charge in [-0.2, -0.15) is 0 Å². The van der Waals surface area contributed by atoms with Gasteiger partial charge >= 0.3 is 12.1 Å². The molecule has 3 aliphatic rings. The fourth-order valence-corrected chi connectivity index (χ4v) is 3.85. The predicted octanol–water partition coefficient (Wildman–Crippen LogP) is 1.46. The lowest BCUT2D eigenvalue weighted by molar-refractivity contribution is -0.286. The molecule has 2 N–H and O–H groups in total. The zero-order valence-electron chi connectivity index (χ0n) is 14.2. The molecule has 0 unspecified atom stereocenters. The number of carboxylic acids is 1. The third-order valence-electron chi connectivity index (χ3n) is 5.14. The number of amides is 1. The van der Waals surface area contributed by atoms with Gasteiger partial charge in [-0.1, -0.05) is 30.3 Å². The van der Waals surface area contributed by atoms with Crippen molar-refractivity contribution in [1.82, 2.24) is 5.32 Å². The van der Waals surface area contributed by atoms with Gasteiger partial charge in [-0.25, -0.2) is 9.59 Å². The molecule has 0 spiro atoms. The zero-order chi connectivity index (χ0) is 18.3. The lowest BCUT2D eigenvalue weighted by atomic mass is 9.79. The molecule has 1 saturated carbocycles. The molecular weight excluding hydrogens is 342 g/mol. The molecule has 0 bridgehead atoms. The van der Waals surface area contributed by atoms with Crippen LogP contribution < -0.4 is 5.32 Å². The normalized spacial score (nSPS) is 37.0. The van der Waals surface area contributed by atoms with E-state index in [0.717, 1.165) is 5.56 Å². The van der Waals surface area contributed by atoms with Crippen molar-refractivity contribution >= 4 is 12.1 Å². The van der Waals surface area contributed by atoms with Gasteiger partial charge in [-0.3, -0.25) is 0 Å². The molecule has 1 aliphatic carbocycles. The highest BCUT2D eigenvalue weighted by atomic mass is 16.7. The van der Waals surface area contributed by atoms with E-state index >= 15 is 0 Å². The van der Waals surface area contributed by atoms with Gasteiger partial charge in [0, 0.05) is 11.5 Å². The van der Waals surface area contributed by atoms with Gasteiger partial charge in [0.1, 0.15) is 12.2 Å². The molecule has 140 valence electrons. The summed E-state index contributed by atoms with van der Waals surface area (Å²) >= 11 is 0. The monoisotopic (exact) mass is 363 g/mol. The number of hydrogen-bond donors (Lipinski definition) is 2. The molecule has 26 heavy (non-hydrogen) atoms. The van der Waals surface area contributed by atoms with E-state index in [9.17, 15) is 14.7 Å². The first-order valence-electron chi connectivity index (χ1n) is 8.70. The Morgan fingerprint density at radius 2 is 2.12 bits per heavy atom. The Morgan fingerprint density at radius 1 is 1.35 bits per heavy atom. The number of carbonyl (C=O) groups excluding carboxylic acids is 1. The third-order valence-corrected chi connectivity index (χ3v) is 5.14. The van der Waals surface area contributed by atoms with Gasteiger partial charge in [0.2, 0.25) is 0 Å². The van der Waals surface area contributed by atoms with Crippen LogP contribution in [0.25, 0.3) is 0 Å². The summed E-state index contributed by atoms with van der Waals surface area (Å²) in [5.41, 5.74) is 0.879. The largest absolute Gasteiger partial charge is 0.479 e. The van der Waals surface area contributed by atoms with E-state index in [2.05, 4.69) is 5.32 Å². The highest BCUT2D eigenvalue weighted by molar-refractivity contribution is 5.72. The zero-order valence-corrected chi connectivity index (χ0v) is 14.2. The molecular formula is C18H21NO7. The van der Waals surface area contributed by atoms with Gasteiger partial charge < -0.3 is 29.4 Å². The molecule has 7 atom stereocenters. The standard InChI is InChI=1S/C18H21NO7/c1-9(16(20)21)24-15-13-12(25-18(22)19-13)7-11-8-23-17(26-14(11)15)10-5-3-2-4-6-10/h2-6,9,11-15,17H,7-8H2,1H3,(H,19,22)(H,20,21)/t9-,11-,12+,13+,14-,15-,17-/m1/s1. The summed E-state index contributed by atoms with van der Waals surface area (Å²) in [4.78, 5) is 23.0. The van der Waals surface area contributed by atoms with E-state index < -0.39 is 42.7 Å². The minimum absolute atomic E-state index is 0.0464. The summed E-state index contributed by atoms with van der Waals surface area (Å²) in [7, 11) is 0. The molecule has 2 saturated heterocycles. The summed E-state index contributed by atoms with van der Waals surface area (Å²) in [6, 6.07) is 9.08. The number of fused-ring (bicyclic) bond motifs is 2. The summed E-state index contributed by atoms with van der Waals surface area (Å²) in [5.74, 6) is -1.12. The Labute approximate surface area is 150 Å². The molecule has 8 nitrogen and oxygen atoms in total. The minimum atomic E-state index is -1.07. The van der Waals surface area contributed by atoms with Crippen molar-refractivity contribution in [1.29, 1.82) is 0 Å². The molecule has 8 heteroatoms. The summed E-state index contributed by atoms with van der Waals surface area (Å²) in [6.07, 6.45) is -2.94. The maximum absolute atomic E-state index is 11.7. The number of carbonyl (C=O) groups is 2. The lowest BCUT2D eigenvalue weighted by Crippen LogP contribution is -2.61. The average molecular weight is 363 g/mol. The van der Waals surface area contributed by atoms with Crippen LogP contribution >= 0.6 is 0 Å². The fraction of sp³-hybridized carbons (Fsp3) is 0.556. The Kier molecular flexibility index (Phi) is 4.56. The van der Waals surface area contributed by atoms with Crippen molar-refractivity contribution in [3.05, 3.63) is 35.9 Å². The Bertz CT molecular complexity index is 681. The molecule has 3 fully saturated rings. The smallest absolute Gasteiger partial charge is 0.407 e. The van der Waals surface area contributed by atoms with Crippen LogP contribution in [0.2, 0.25) is 0 Å². The van der Waals surface area contributed by atoms with Crippen molar-refractivity contribution < 1.29 is 33.6 Å². The Hall–Kier alpha value is -2.16. The van der Waals surface area contributed by atoms with Crippen LogP contribution in [0.4, 0.5) is 4.79 Å². The number of aliphatic carboxylic acids is 1. The maximum Gasteiger partial charge on any atom is 0.407 e. The van der Waals surface area contributed by atoms with Crippen LogP contribution in [0.3, 0.4) is 0 Å². The summed E-state index contributed by atoms with van der Waals surface area (Å²) in [6.45, 7) is 1.89. The fourth-order valence-electron chi connectivity index (χ4n) is 3.85. The molecule has 0 aromatic heterocycles. The van der Waals surface area contributed by atoms with Crippen molar-refractivity contribution in [3.63, 3.8) is 0 Å². The topological polar surface area (TPSA) is 103 Å². The van der Waals surface area contributed by atoms with Crippen molar-refractivity contribution in [2.24, 2.45) is 5.92 Å². The number of benzene rings is 1. The van der Waals surface area contributed by atoms with Crippen molar-refractivity contribution in [2.75, 3.05) is 6.61 Å². The van der Waals surface area contributed by atoms with E-state index in [4.69, 9.17) is 18.9 Å². The van der Waals surface area contributed by atoms with Crippen LogP contribution in [0.5, 0.6) is 0 Å². The van der Waals surface area contributed by atoms with E-state index in [1.807, 2.05) is 30.3 Å². The summed E-state index contributed by atoms with van der Waals surface area (Å²) < 4.78 is 23.1. The Balaban J connectivity index is 1.58. The second-order valence-electron chi connectivity index (χ2n) is 6.87. The van der Waals surface area contributed by atoms with Crippen LogP contribution in [0.15, 0.2) is 30.3 Å². The number of carboxylic acid groups (broad SMARTS) is 1. The van der Waals surface area contributed by atoms with Gasteiger partial charge in [-0.05, 0) is 13.3 Å². The number of hydrogen-bond acceptors (Lipinski definition) is 6. The van der Waals surface area contributed by atoms with Gasteiger partial charge in [0.05, 0.1) is 18.8 Å². The Morgan fingerprint density at radius 3 is 2.85 bits per heavy atom. The molecule has 2 aliphatic heterocycles. The van der Waals surface area contributed by atoms with Crippen molar-refractivity contribution in [2.45, 2.75) is 50.1 Å². The number of nitrogens with one attached hydrogen (secondary N) is 1. The van der Waals surface area contributed by atoms with Crippen molar-refractivity contribution in [3.8, 4) is 0 Å². The molecule has 1 amide bonds. The SMILES string of the molecule is C[C@@H](O[C@@H]1[C@H]2NC(=O)O[C@H]2C[C@@H]2CO[C@@H](c3ccccc3)O[C@H]21)C(=O)O. The maximum atomic E-state index is 11.7. The van der Waals surface area contributed by atoms with Gasteiger partial charge in [0.25, 0.3) is 0 Å². The average Bonchev–Trinajstić information content (AvgIpc) is 3.01. The summed E-state index contributed by atoms with van der Waals surface area (Å²) in [5, 5.41) is 12.0. The number of rotatable bonds is 4. The van der Waals surface area contributed by atoms with Gasteiger partial charge in [0.15, 0.2) is 12.4 Å². The molecule has 4 rings (SSSR count). The highest BCUT2D eigenvalue weighted by Crippen LogP contribution is 2.41. The van der Waals surface area contributed by atoms with Crippen LogP contribution in [-0.2, 0) is 23.7 Å². The second kappa shape index (κ2) is 6.86. The number of alkyl carbamates (subject to hydrolysis) is 1. The first-order chi connectivity index (χ1) is 12.5. The third kappa shape index (κ3) is 3.15. The molecule has 2 heterocycles. The van der Waals surface area contributed by atoms with Crippen LogP contribution in [0, 0.1) is 5.92 Å². The second-order valence-corrected chi connectivity index (χ2v) is 6.87. The van der Waals surface area contributed by atoms with E-state index in [-0.39, 0.29) is 12.0 Å². The highest BCUT2D eigenvalue weighted by Gasteiger charge is 2.54. The van der Waals surface area contributed by atoms with Crippen LogP contribution in [-0.4, -0.2) is 54.2 Å². The molecule has 1 aromatic carbocycles. The minimum Gasteiger partial charge on any atom is -0.479 e. The molecule has 1 aromatic rings. The van der Waals surface area contributed by atoms with E-state index in [1.165, 1.54) is 6.92 Å². The van der Waals surface area contributed by atoms with Gasteiger partial charge in [-0.15, -0.1) is 0 Å². The van der Waals surface area contributed by atoms with E-state index in [1.54, 1.807) is 0 Å². The number of ether oxygens (including phenoxy) is 4. The first kappa shape index (κ1) is 17.3. The molecule has 0 radical (unpaired) electrons. The quantitative estimate of drug-likeness (QED) is 0.834. The lowest BCUT2D eigenvalue weighted by Gasteiger charge is -2.47. The predicted molar refractivity (Wildman–Crippen MR) is 87.3 cm³/mol.